The molecule has 0 aliphatic rings. The first kappa shape index (κ1) is 14.7. The molecule has 0 fully saturated rings. The molecule has 2 aromatic rings. The third kappa shape index (κ3) is 3.06. The number of hydrogen-bond acceptors (Lipinski definition) is 4. The van der Waals surface area contributed by atoms with E-state index in [1.807, 2.05) is 5.38 Å². The van der Waals surface area contributed by atoms with Gasteiger partial charge >= 0.3 is 0 Å². The van der Waals surface area contributed by atoms with Crippen molar-refractivity contribution in [2.24, 2.45) is 0 Å². The van der Waals surface area contributed by atoms with E-state index in [4.69, 9.17) is 0 Å². The Hall–Kier alpha value is -1.70. The summed E-state index contributed by atoms with van der Waals surface area (Å²) < 4.78 is 25.2. The van der Waals surface area contributed by atoms with Gasteiger partial charge in [0.1, 0.15) is 0 Å². The van der Waals surface area contributed by atoms with Crippen molar-refractivity contribution >= 4 is 33.0 Å². The summed E-state index contributed by atoms with van der Waals surface area (Å²) in [5.74, 6) is -0.251. The van der Waals surface area contributed by atoms with Gasteiger partial charge in [0.05, 0.1) is 9.77 Å². The summed E-state index contributed by atoms with van der Waals surface area (Å²) in [6, 6.07) is 9.69. The zero-order chi connectivity index (χ0) is 14.8. The summed E-state index contributed by atoms with van der Waals surface area (Å²) >= 11 is 1.33. The van der Waals surface area contributed by atoms with Gasteiger partial charge in [0, 0.05) is 19.8 Å². The Balaban J connectivity index is 2.25. The molecule has 0 atom stereocenters. The number of sulfonamides is 1. The van der Waals surface area contributed by atoms with Gasteiger partial charge in [-0.25, -0.2) is 12.7 Å². The van der Waals surface area contributed by atoms with E-state index in [1.54, 1.807) is 24.3 Å². The summed E-state index contributed by atoms with van der Waals surface area (Å²) in [5, 5.41) is 4.49. The van der Waals surface area contributed by atoms with E-state index in [0.29, 0.717) is 10.6 Å². The van der Waals surface area contributed by atoms with Crippen LogP contribution in [-0.2, 0) is 10.0 Å². The highest BCUT2D eigenvalue weighted by Crippen LogP contribution is 2.19. The molecule has 0 unspecified atom stereocenters. The predicted octanol–water partition coefficient (Wildman–Crippen LogP) is 2.25. The number of hydrogen-bond donors (Lipinski definition) is 1. The van der Waals surface area contributed by atoms with Gasteiger partial charge in [-0.1, -0.05) is 12.1 Å². The molecule has 1 aromatic carbocycles. The molecule has 2 rings (SSSR count). The van der Waals surface area contributed by atoms with Gasteiger partial charge in [0.25, 0.3) is 5.91 Å². The molecule has 20 heavy (non-hydrogen) atoms. The van der Waals surface area contributed by atoms with E-state index in [-0.39, 0.29) is 10.8 Å². The molecular formula is C13H14N2O3S2. The molecule has 7 heteroatoms. The molecule has 106 valence electrons. The van der Waals surface area contributed by atoms with Crippen molar-refractivity contribution in [1.29, 1.82) is 0 Å². The predicted molar refractivity (Wildman–Crippen MR) is 79.6 cm³/mol. The van der Waals surface area contributed by atoms with E-state index in [2.05, 4.69) is 5.32 Å². The normalized spacial score (nSPS) is 11.6. The summed E-state index contributed by atoms with van der Waals surface area (Å²) in [6.45, 7) is 0. The molecule has 1 N–H and O–H groups in total. The van der Waals surface area contributed by atoms with Crippen molar-refractivity contribution in [3.8, 4) is 0 Å². The lowest BCUT2D eigenvalue weighted by atomic mass is 10.3. The topological polar surface area (TPSA) is 66.5 Å². The number of nitrogens with one attached hydrogen (secondary N) is 1. The zero-order valence-electron chi connectivity index (χ0n) is 11.0. The second kappa shape index (κ2) is 5.74. The van der Waals surface area contributed by atoms with Crippen LogP contribution in [0.3, 0.4) is 0 Å². The second-order valence-electron chi connectivity index (χ2n) is 4.25. The van der Waals surface area contributed by atoms with Crippen LogP contribution in [0.5, 0.6) is 0 Å². The molecule has 0 radical (unpaired) electrons. The fourth-order valence-corrected chi connectivity index (χ4v) is 3.11. The van der Waals surface area contributed by atoms with E-state index in [9.17, 15) is 13.2 Å². The maximum absolute atomic E-state index is 12.0. The minimum Gasteiger partial charge on any atom is -0.321 e. The Bertz CT molecular complexity index is 707. The van der Waals surface area contributed by atoms with E-state index in [0.717, 1.165) is 4.31 Å². The first-order valence-corrected chi connectivity index (χ1v) is 8.10. The molecule has 1 amide bonds. The number of carbonyl (C=O) groups is 1. The highest BCUT2D eigenvalue weighted by Gasteiger charge is 2.17. The van der Waals surface area contributed by atoms with Gasteiger partial charge in [-0.15, -0.1) is 11.3 Å². The zero-order valence-corrected chi connectivity index (χ0v) is 12.7. The number of thiophene rings is 1. The van der Waals surface area contributed by atoms with Crippen LogP contribution in [0.25, 0.3) is 0 Å². The maximum Gasteiger partial charge on any atom is 0.265 e. The average Bonchev–Trinajstić information content (AvgIpc) is 2.92. The third-order valence-corrected chi connectivity index (χ3v) is 5.30. The largest absolute Gasteiger partial charge is 0.321 e. The Morgan fingerprint density at radius 3 is 2.55 bits per heavy atom. The molecule has 1 aromatic heterocycles. The van der Waals surface area contributed by atoms with Crippen molar-refractivity contribution in [3.05, 3.63) is 46.7 Å². The number of amides is 1. The Kier molecular flexibility index (Phi) is 4.22. The van der Waals surface area contributed by atoms with Crippen molar-refractivity contribution in [1.82, 2.24) is 4.31 Å². The summed E-state index contributed by atoms with van der Waals surface area (Å²) in [6.07, 6.45) is 0. The van der Waals surface area contributed by atoms with Crippen molar-refractivity contribution in [3.63, 3.8) is 0 Å². The molecule has 0 aliphatic carbocycles. The Morgan fingerprint density at radius 2 is 1.95 bits per heavy atom. The van der Waals surface area contributed by atoms with Crippen molar-refractivity contribution in [2.45, 2.75) is 4.90 Å². The van der Waals surface area contributed by atoms with Gasteiger partial charge in [-0.3, -0.25) is 4.79 Å². The maximum atomic E-state index is 12.0. The summed E-state index contributed by atoms with van der Waals surface area (Å²) in [4.78, 5) is 12.6. The lowest BCUT2D eigenvalue weighted by Crippen LogP contribution is -2.22. The van der Waals surface area contributed by atoms with Gasteiger partial charge in [0.15, 0.2) is 0 Å². The van der Waals surface area contributed by atoms with E-state index in [1.165, 1.54) is 37.6 Å². The number of carbonyl (C=O) groups excluding carboxylic acids is 1. The molecule has 0 saturated carbocycles. The second-order valence-corrected chi connectivity index (χ2v) is 7.35. The number of anilines is 1. The Labute approximate surface area is 121 Å². The molecule has 0 bridgehead atoms. The smallest absolute Gasteiger partial charge is 0.265 e. The van der Waals surface area contributed by atoms with Gasteiger partial charge < -0.3 is 5.32 Å². The minimum atomic E-state index is -3.50. The van der Waals surface area contributed by atoms with Crippen LogP contribution >= 0.6 is 11.3 Å². The number of rotatable bonds is 4. The summed E-state index contributed by atoms with van der Waals surface area (Å²) in [7, 11) is -0.575. The number of benzene rings is 1. The lowest BCUT2D eigenvalue weighted by Gasteiger charge is -2.12. The lowest BCUT2D eigenvalue weighted by molar-refractivity contribution is 0.103. The standard InChI is InChI=1S/C13H14N2O3S2/c1-15(2)20(17,18)11-6-3-5-10(9-11)14-13(16)12-7-4-8-19-12/h3-9H,1-2H3,(H,14,16). The molecule has 0 spiro atoms. The van der Waals surface area contributed by atoms with Crippen LogP contribution in [0, 0.1) is 0 Å². The van der Waals surface area contributed by atoms with Crippen molar-refractivity contribution < 1.29 is 13.2 Å². The van der Waals surface area contributed by atoms with Crippen LogP contribution in [0.15, 0.2) is 46.7 Å². The first-order valence-electron chi connectivity index (χ1n) is 5.79. The van der Waals surface area contributed by atoms with E-state index >= 15 is 0 Å². The van der Waals surface area contributed by atoms with Gasteiger partial charge in [-0.05, 0) is 29.6 Å². The first-order chi connectivity index (χ1) is 9.41. The van der Waals surface area contributed by atoms with Crippen molar-refractivity contribution in [2.75, 3.05) is 19.4 Å². The highest BCUT2D eigenvalue weighted by atomic mass is 32.2. The van der Waals surface area contributed by atoms with Crippen LogP contribution in [0.1, 0.15) is 9.67 Å². The average molecular weight is 310 g/mol. The minimum absolute atomic E-state index is 0.145. The molecule has 5 nitrogen and oxygen atoms in total. The fourth-order valence-electron chi connectivity index (χ4n) is 1.55. The Morgan fingerprint density at radius 1 is 1.20 bits per heavy atom. The molecule has 0 aliphatic heterocycles. The SMILES string of the molecule is CN(C)S(=O)(=O)c1cccc(NC(=O)c2cccs2)c1. The van der Waals surface area contributed by atoms with Crippen LogP contribution in [-0.4, -0.2) is 32.7 Å². The summed E-state index contributed by atoms with van der Waals surface area (Å²) in [5.41, 5.74) is 0.450. The molecule has 0 saturated heterocycles. The highest BCUT2D eigenvalue weighted by molar-refractivity contribution is 7.89. The van der Waals surface area contributed by atoms with E-state index < -0.39 is 10.0 Å². The van der Waals surface area contributed by atoms with Gasteiger partial charge in [-0.2, -0.15) is 0 Å². The molecular weight excluding hydrogens is 296 g/mol. The van der Waals surface area contributed by atoms with Crippen LogP contribution in [0.4, 0.5) is 5.69 Å². The van der Waals surface area contributed by atoms with Crippen LogP contribution in [0.2, 0.25) is 0 Å². The number of nitrogens with zero attached hydrogens (tertiary/aromatic N) is 1. The molecule has 1 heterocycles. The monoisotopic (exact) mass is 310 g/mol. The van der Waals surface area contributed by atoms with Crippen LogP contribution < -0.4 is 5.32 Å². The quantitative estimate of drug-likeness (QED) is 0.942. The third-order valence-electron chi connectivity index (χ3n) is 2.62. The van der Waals surface area contributed by atoms with Gasteiger partial charge in [0.2, 0.25) is 10.0 Å². The fraction of sp³-hybridized carbons (Fsp3) is 0.154.